The summed E-state index contributed by atoms with van der Waals surface area (Å²) >= 11 is 0. The summed E-state index contributed by atoms with van der Waals surface area (Å²) in [4.78, 5) is 16.2. The maximum absolute atomic E-state index is 4.77. The molecule has 0 saturated heterocycles. The highest BCUT2D eigenvalue weighted by atomic mass is 15.2. The third-order valence-electron chi connectivity index (χ3n) is 11.6. The Labute approximate surface area is 317 Å². The summed E-state index contributed by atoms with van der Waals surface area (Å²) in [6.45, 7) is 4.70. The van der Waals surface area contributed by atoms with Gasteiger partial charge in [0.25, 0.3) is 0 Å². The van der Waals surface area contributed by atoms with Crippen molar-refractivity contribution in [1.82, 2.24) is 15.0 Å². The van der Waals surface area contributed by atoms with Gasteiger partial charge in [0.2, 0.25) is 13.4 Å². The second-order valence-electron chi connectivity index (χ2n) is 14.8. The van der Waals surface area contributed by atoms with Crippen molar-refractivity contribution in [3.05, 3.63) is 194 Å². The van der Waals surface area contributed by atoms with Crippen LogP contribution in [-0.2, 0) is 5.41 Å². The van der Waals surface area contributed by atoms with Gasteiger partial charge < -0.3 is 4.90 Å². The largest absolute Gasteiger partial charge is 0.309 e. The van der Waals surface area contributed by atoms with Crippen molar-refractivity contribution in [1.29, 1.82) is 0 Å². The molecule has 0 aliphatic carbocycles. The van der Waals surface area contributed by atoms with Crippen LogP contribution in [0.2, 0.25) is 0 Å². The van der Waals surface area contributed by atoms with Crippen LogP contribution in [0.4, 0.5) is 17.1 Å². The van der Waals surface area contributed by atoms with E-state index in [9.17, 15) is 0 Å². The van der Waals surface area contributed by atoms with Crippen LogP contribution in [0.25, 0.3) is 22.5 Å². The van der Waals surface area contributed by atoms with Crippen LogP contribution in [-0.4, -0.2) is 28.4 Å². The van der Waals surface area contributed by atoms with Crippen LogP contribution in [0.1, 0.15) is 25.0 Å². The fourth-order valence-corrected chi connectivity index (χ4v) is 9.23. The summed E-state index contributed by atoms with van der Waals surface area (Å²) in [7, 11) is 0. The minimum absolute atomic E-state index is 0.0896. The minimum atomic E-state index is -0.160. The molecule has 2 aliphatic rings. The molecule has 0 N–H and O–H groups in total. The van der Waals surface area contributed by atoms with Gasteiger partial charge in [-0.3, -0.25) is 0 Å². The predicted molar refractivity (Wildman–Crippen MR) is 226 cm³/mol. The molecule has 0 fully saturated rings. The molecule has 0 radical (unpaired) electrons. The highest BCUT2D eigenvalue weighted by Gasteiger charge is 2.41. The molecule has 0 atom stereocenters. The van der Waals surface area contributed by atoms with E-state index in [0.29, 0.717) is 5.82 Å². The lowest BCUT2D eigenvalue weighted by atomic mass is 9.20. The van der Waals surface area contributed by atoms with Crippen molar-refractivity contribution in [3.63, 3.8) is 0 Å². The molecular weight excluding hydrogens is 654 g/mol. The number of fused-ring (bicyclic) bond motifs is 4. The van der Waals surface area contributed by atoms with Gasteiger partial charge in [-0.05, 0) is 34.9 Å². The first kappa shape index (κ1) is 32.2. The van der Waals surface area contributed by atoms with E-state index in [1.165, 1.54) is 55.3 Å². The highest BCUT2D eigenvalue weighted by molar-refractivity contribution is 7.11. The minimum Gasteiger partial charge on any atom is -0.309 e. The van der Waals surface area contributed by atoms with E-state index in [0.717, 1.165) is 22.4 Å². The first-order valence-corrected chi connectivity index (χ1v) is 18.7. The van der Waals surface area contributed by atoms with Crippen LogP contribution >= 0.6 is 0 Å². The molecule has 1 aromatic heterocycles. The van der Waals surface area contributed by atoms with Crippen LogP contribution in [0, 0.1) is 0 Å². The number of anilines is 3. The average molecular weight is 690 g/mol. The van der Waals surface area contributed by atoms with E-state index >= 15 is 0 Å². The lowest BCUT2D eigenvalue weighted by Gasteiger charge is -2.42. The van der Waals surface area contributed by atoms with Crippen molar-refractivity contribution in [2.24, 2.45) is 0 Å². The highest BCUT2D eigenvalue weighted by Crippen LogP contribution is 2.53. The smallest absolute Gasteiger partial charge is 0.241 e. The third-order valence-corrected chi connectivity index (χ3v) is 11.6. The van der Waals surface area contributed by atoms with Crippen LogP contribution in [0.5, 0.6) is 0 Å². The summed E-state index contributed by atoms with van der Waals surface area (Å²) in [6, 6.07) is 62.2. The second kappa shape index (κ2) is 12.9. The molecular formula is C48H36B2N4. The van der Waals surface area contributed by atoms with Gasteiger partial charge in [-0.15, -0.1) is 0 Å². The zero-order chi connectivity index (χ0) is 36.2. The normalized spacial score (nSPS) is 13.8. The Kier molecular flexibility index (Phi) is 7.65. The van der Waals surface area contributed by atoms with E-state index in [-0.39, 0.29) is 18.8 Å². The summed E-state index contributed by atoms with van der Waals surface area (Å²) in [5, 5.41) is 0. The number of aromatic nitrogens is 3. The Morgan fingerprint density at radius 3 is 1.50 bits per heavy atom. The second-order valence-corrected chi connectivity index (χ2v) is 14.8. The zero-order valence-corrected chi connectivity index (χ0v) is 30.3. The standard InChI is InChI=1S/C48H36B2N4/c1-48(2)37-22-7-14-29-44(37)54(45-30-15-8-23-38(45)48)43-28-13-6-19-34(43)35-20-16-21-36(47-52-31-51-32-53-47)46(35)50-41-26-11-9-24-39(41)49(33-17-4-3-5-18-33)40-25-10-12-27-42(40)50/h3-32H,1-2H3. The summed E-state index contributed by atoms with van der Waals surface area (Å²) in [5.74, 6) is 0.662. The molecule has 8 aromatic rings. The average Bonchev–Trinajstić information content (AvgIpc) is 3.23. The summed E-state index contributed by atoms with van der Waals surface area (Å²) < 4.78 is 0. The van der Waals surface area contributed by atoms with Gasteiger partial charge in [-0.2, -0.15) is 0 Å². The van der Waals surface area contributed by atoms with Crippen LogP contribution in [0.3, 0.4) is 0 Å². The molecule has 2 aliphatic heterocycles. The van der Waals surface area contributed by atoms with Crippen LogP contribution in [0.15, 0.2) is 183 Å². The van der Waals surface area contributed by atoms with Crippen molar-refractivity contribution in [3.8, 4) is 22.5 Å². The van der Waals surface area contributed by atoms with Crippen molar-refractivity contribution >= 4 is 63.3 Å². The van der Waals surface area contributed by atoms with E-state index in [1.807, 2.05) is 0 Å². The first-order valence-electron chi connectivity index (χ1n) is 18.7. The van der Waals surface area contributed by atoms with Gasteiger partial charge in [0.05, 0.1) is 17.1 Å². The SMILES string of the molecule is CC1(C)c2ccccc2N(c2ccccc2-c2cccc(-c3ncncn3)c2B2c3ccccc3B(c3ccccc3)c3ccccc32)c2ccccc21. The fourth-order valence-electron chi connectivity index (χ4n) is 9.23. The van der Waals surface area contributed by atoms with Gasteiger partial charge in [0, 0.05) is 16.5 Å². The Morgan fingerprint density at radius 2 is 0.889 bits per heavy atom. The molecule has 0 saturated carbocycles. The maximum atomic E-state index is 4.77. The van der Waals surface area contributed by atoms with Crippen LogP contribution < -0.4 is 37.7 Å². The molecule has 254 valence electrons. The number of hydrogen-bond donors (Lipinski definition) is 0. The van der Waals surface area contributed by atoms with Crippen molar-refractivity contribution < 1.29 is 0 Å². The summed E-state index contributed by atoms with van der Waals surface area (Å²) in [5.41, 5.74) is 17.0. The van der Waals surface area contributed by atoms with E-state index in [4.69, 9.17) is 9.97 Å². The zero-order valence-electron chi connectivity index (χ0n) is 30.3. The molecule has 54 heavy (non-hydrogen) atoms. The fraction of sp³-hybridized carbons (Fsp3) is 0.0625. The molecule has 0 unspecified atom stereocenters. The lowest BCUT2D eigenvalue weighted by Crippen LogP contribution is -2.75. The van der Waals surface area contributed by atoms with Crippen molar-refractivity contribution in [2.45, 2.75) is 19.3 Å². The monoisotopic (exact) mass is 690 g/mol. The van der Waals surface area contributed by atoms with E-state index in [1.54, 1.807) is 12.7 Å². The van der Waals surface area contributed by atoms with E-state index < -0.39 is 0 Å². The number of nitrogens with zero attached hydrogens (tertiary/aromatic N) is 4. The Balaban J connectivity index is 1.27. The molecule has 0 bridgehead atoms. The number of hydrogen-bond acceptors (Lipinski definition) is 4. The van der Waals surface area contributed by atoms with E-state index in [2.05, 4.69) is 194 Å². The van der Waals surface area contributed by atoms with Gasteiger partial charge in [0.1, 0.15) is 12.7 Å². The Morgan fingerprint density at radius 1 is 0.426 bits per heavy atom. The first-order chi connectivity index (χ1) is 26.6. The molecule has 7 aromatic carbocycles. The molecule has 0 amide bonds. The summed E-state index contributed by atoms with van der Waals surface area (Å²) in [6.07, 6.45) is 3.20. The van der Waals surface area contributed by atoms with Gasteiger partial charge in [0.15, 0.2) is 5.82 Å². The Bertz CT molecular complexity index is 2580. The van der Waals surface area contributed by atoms with Crippen molar-refractivity contribution in [2.75, 3.05) is 4.90 Å². The predicted octanol–water partition coefficient (Wildman–Crippen LogP) is 6.66. The lowest BCUT2D eigenvalue weighted by molar-refractivity contribution is 0.632. The molecule has 4 nitrogen and oxygen atoms in total. The van der Waals surface area contributed by atoms with Gasteiger partial charge >= 0.3 is 0 Å². The van der Waals surface area contributed by atoms with Gasteiger partial charge in [-0.25, -0.2) is 15.0 Å². The number of rotatable bonds is 5. The molecule has 6 heteroatoms. The molecule has 0 spiro atoms. The molecule has 10 rings (SSSR count). The number of para-hydroxylation sites is 3. The maximum Gasteiger partial charge on any atom is 0.241 e. The Hall–Kier alpha value is -6.52. The quantitative estimate of drug-likeness (QED) is 0.190. The number of benzene rings is 7. The third kappa shape index (κ3) is 4.98. The van der Waals surface area contributed by atoms with Gasteiger partial charge in [-0.1, -0.05) is 198 Å². The molecule has 3 heterocycles. The topological polar surface area (TPSA) is 41.9 Å².